The maximum Gasteiger partial charge on any atom is 0.340 e. The molecule has 0 fully saturated rings. The van der Waals surface area contributed by atoms with Crippen molar-refractivity contribution in [2.24, 2.45) is 0 Å². The summed E-state index contributed by atoms with van der Waals surface area (Å²) in [6, 6.07) is 7.84. The van der Waals surface area contributed by atoms with E-state index in [2.05, 4.69) is 15.4 Å². The van der Waals surface area contributed by atoms with Gasteiger partial charge in [-0.1, -0.05) is 30.4 Å². The summed E-state index contributed by atoms with van der Waals surface area (Å²) in [5.41, 5.74) is 0.624. The van der Waals surface area contributed by atoms with Gasteiger partial charge in [0.25, 0.3) is 5.56 Å². The van der Waals surface area contributed by atoms with Crippen LogP contribution in [0.3, 0.4) is 0 Å². The summed E-state index contributed by atoms with van der Waals surface area (Å²) < 4.78 is 6.53. The lowest BCUT2D eigenvalue weighted by Gasteiger charge is -2.09. The van der Waals surface area contributed by atoms with Crippen molar-refractivity contribution >= 4 is 33.9 Å². The Bertz CT molecular complexity index is 1060. The van der Waals surface area contributed by atoms with Crippen LogP contribution in [0.1, 0.15) is 41.3 Å². The monoisotopic (exact) mass is 386 g/mol. The quantitative estimate of drug-likeness (QED) is 0.653. The van der Waals surface area contributed by atoms with E-state index < -0.39 is 5.97 Å². The van der Waals surface area contributed by atoms with Gasteiger partial charge in [0, 0.05) is 19.4 Å². The fraction of sp³-hybridized carbons (Fsp3) is 0.278. The Balaban J connectivity index is 1.78. The predicted octanol–water partition coefficient (Wildman–Crippen LogP) is 2.42. The number of amides is 1. The van der Waals surface area contributed by atoms with Gasteiger partial charge >= 0.3 is 5.97 Å². The van der Waals surface area contributed by atoms with Crippen LogP contribution in [-0.2, 0) is 22.6 Å². The number of nitrogens with zero attached hydrogens (tertiary/aromatic N) is 3. The Kier molecular flexibility index (Phi) is 5.60. The lowest BCUT2D eigenvalue weighted by molar-refractivity contribution is -0.114. The molecule has 2 aromatic heterocycles. The Hall–Kier alpha value is -3.07. The minimum atomic E-state index is -0.614. The minimum absolute atomic E-state index is 0.153. The van der Waals surface area contributed by atoms with E-state index in [9.17, 15) is 14.4 Å². The standard InChI is InChI=1S/C18H18N4O4S/c1-3-6-15-21-22-16(24)9-12(20-18(22)27-15)10-26-17(25)13-7-4-5-8-14(13)19-11(2)23/h4-5,7-9H,3,6,10H2,1-2H3,(H,19,23). The molecule has 2 heterocycles. The number of esters is 1. The molecule has 0 bridgehead atoms. The summed E-state index contributed by atoms with van der Waals surface area (Å²) in [4.78, 5) is 40.6. The number of rotatable bonds is 6. The summed E-state index contributed by atoms with van der Waals surface area (Å²) in [6.45, 7) is 3.24. The highest BCUT2D eigenvalue weighted by Gasteiger charge is 2.15. The van der Waals surface area contributed by atoms with Crippen LogP contribution in [0.5, 0.6) is 0 Å². The zero-order chi connectivity index (χ0) is 19.4. The summed E-state index contributed by atoms with van der Waals surface area (Å²) in [5, 5.41) is 7.66. The van der Waals surface area contributed by atoms with E-state index in [4.69, 9.17) is 4.74 Å². The molecule has 0 atom stereocenters. The van der Waals surface area contributed by atoms with Gasteiger partial charge in [-0.3, -0.25) is 9.59 Å². The van der Waals surface area contributed by atoms with Crippen molar-refractivity contribution in [3.63, 3.8) is 0 Å². The lowest BCUT2D eigenvalue weighted by atomic mass is 10.2. The summed E-state index contributed by atoms with van der Waals surface area (Å²) in [6.07, 6.45) is 1.70. The molecule has 140 valence electrons. The average molecular weight is 386 g/mol. The van der Waals surface area contributed by atoms with Crippen LogP contribution in [0.4, 0.5) is 5.69 Å². The number of fused-ring (bicyclic) bond motifs is 1. The highest BCUT2D eigenvalue weighted by atomic mass is 32.1. The van der Waals surface area contributed by atoms with Gasteiger partial charge in [0.15, 0.2) is 0 Å². The second-order valence-electron chi connectivity index (χ2n) is 5.83. The average Bonchev–Trinajstić information content (AvgIpc) is 3.03. The van der Waals surface area contributed by atoms with Gasteiger partial charge in [0.05, 0.1) is 16.9 Å². The molecule has 1 aromatic carbocycles. The third-order valence-corrected chi connectivity index (χ3v) is 4.58. The predicted molar refractivity (Wildman–Crippen MR) is 101 cm³/mol. The first-order valence-electron chi connectivity index (χ1n) is 8.40. The van der Waals surface area contributed by atoms with Crippen LogP contribution in [0.2, 0.25) is 0 Å². The fourth-order valence-electron chi connectivity index (χ4n) is 2.46. The van der Waals surface area contributed by atoms with Gasteiger partial charge in [-0.15, -0.1) is 0 Å². The summed E-state index contributed by atoms with van der Waals surface area (Å²) in [7, 11) is 0. The van der Waals surface area contributed by atoms with E-state index in [0.29, 0.717) is 16.3 Å². The number of nitrogens with one attached hydrogen (secondary N) is 1. The maximum absolute atomic E-state index is 12.4. The van der Waals surface area contributed by atoms with E-state index in [1.54, 1.807) is 24.3 Å². The normalized spacial score (nSPS) is 10.7. The first-order chi connectivity index (χ1) is 13.0. The van der Waals surface area contributed by atoms with Crippen LogP contribution >= 0.6 is 11.3 Å². The molecule has 0 unspecified atom stereocenters. The molecule has 3 aromatic rings. The van der Waals surface area contributed by atoms with E-state index >= 15 is 0 Å². The number of anilines is 1. The number of benzene rings is 1. The van der Waals surface area contributed by atoms with E-state index in [0.717, 1.165) is 17.8 Å². The number of ether oxygens (including phenoxy) is 1. The number of hydrogen-bond donors (Lipinski definition) is 1. The third-order valence-electron chi connectivity index (χ3n) is 3.61. The Morgan fingerprint density at radius 2 is 2.07 bits per heavy atom. The third kappa shape index (κ3) is 4.37. The molecule has 0 saturated heterocycles. The minimum Gasteiger partial charge on any atom is -0.456 e. The van der Waals surface area contributed by atoms with Crippen molar-refractivity contribution in [1.82, 2.24) is 14.6 Å². The zero-order valence-electron chi connectivity index (χ0n) is 14.9. The van der Waals surface area contributed by atoms with Crippen LogP contribution < -0.4 is 10.9 Å². The second-order valence-corrected chi connectivity index (χ2v) is 6.87. The Morgan fingerprint density at radius 3 is 2.81 bits per heavy atom. The molecule has 27 heavy (non-hydrogen) atoms. The highest BCUT2D eigenvalue weighted by Crippen LogP contribution is 2.17. The van der Waals surface area contributed by atoms with Gasteiger partial charge in [-0.2, -0.15) is 9.61 Å². The van der Waals surface area contributed by atoms with Crippen molar-refractivity contribution in [1.29, 1.82) is 0 Å². The van der Waals surface area contributed by atoms with Crippen LogP contribution in [-0.4, -0.2) is 26.5 Å². The van der Waals surface area contributed by atoms with Crippen molar-refractivity contribution in [2.45, 2.75) is 33.3 Å². The highest BCUT2D eigenvalue weighted by molar-refractivity contribution is 7.16. The zero-order valence-corrected chi connectivity index (χ0v) is 15.7. The van der Waals surface area contributed by atoms with Crippen LogP contribution in [0.15, 0.2) is 35.1 Å². The summed E-state index contributed by atoms with van der Waals surface area (Å²) in [5.74, 6) is -0.902. The van der Waals surface area contributed by atoms with Gasteiger partial charge in [0.2, 0.25) is 10.9 Å². The van der Waals surface area contributed by atoms with Gasteiger partial charge in [-0.05, 0) is 18.6 Å². The fourth-order valence-corrected chi connectivity index (χ4v) is 3.48. The first kappa shape index (κ1) is 18.7. The molecule has 1 amide bonds. The van der Waals surface area contributed by atoms with Crippen molar-refractivity contribution in [3.05, 3.63) is 57.0 Å². The topological polar surface area (TPSA) is 103 Å². The number of hydrogen-bond acceptors (Lipinski definition) is 7. The molecule has 9 heteroatoms. The second kappa shape index (κ2) is 8.09. The molecular formula is C18H18N4O4S. The van der Waals surface area contributed by atoms with Gasteiger partial charge in [0.1, 0.15) is 11.6 Å². The number of para-hydroxylation sites is 1. The molecule has 0 aliphatic carbocycles. The number of carbonyl (C=O) groups excluding carboxylic acids is 2. The van der Waals surface area contributed by atoms with E-state index in [-0.39, 0.29) is 23.6 Å². The van der Waals surface area contributed by atoms with Gasteiger partial charge < -0.3 is 10.1 Å². The van der Waals surface area contributed by atoms with E-state index in [1.807, 2.05) is 6.92 Å². The van der Waals surface area contributed by atoms with Crippen molar-refractivity contribution in [2.75, 3.05) is 5.32 Å². The van der Waals surface area contributed by atoms with E-state index in [1.165, 1.54) is 28.8 Å². The molecular weight excluding hydrogens is 368 g/mol. The van der Waals surface area contributed by atoms with Crippen LogP contribution in [0.25, 0.3) is 4.96 Å². The SMILES string of the molecule is CCCc1nn2c(=O)cc(COC(=O)c3ccccc3NC(C)=O)nc2s1. The van der Waals surface area contributed by atoms with Crippen LogP contribution in [0, 0.1) is 0 Å². The molecule has 0 spiro atoms. The smallest absolute Gasteiger partial charge is 0.340 e. The molecule has 3 rings (SSSR count). The molecule has 0 aliphatic rings. The Labute approximate surface area is 158 Å². The molecule has 1 N–H and O–H groups in total. The maximum atomic E-state index is 12.4. The number of aromatic nitrogens is 3. The number of carbonyl (C=O) groups is 2. The van der Waals surface area contributed by atoms with Crippen molar-refractivity contribution in [3.8, 4) is 0 Å². The molecule has 0 saturated carbocycles. The largest absolute Gasteiger partial charge is 0.456 e. The number of aryl methyl sites for hydroxylation is 1. The van der Waals surface area contributed by atoms with Crippen molar-refractivity contribution < 1.29 is 14.3 Å². The van der Waals surface area contributed by atoms with Gasteiger partial charge in [-0.25, -0.2) is 9.78 Å². The lowest BCUT2D eigenvalue weighted by Crippen LogP contribution is -2.17. The molecule has 8 nitrogen and oxygen atoms in total. The Morgan fingerprint density at radius 1 is 1.30 bits per heavy atom. The molecule has 0 radical (unpaired) electrons. The first-order valence-corrected chi connectivity index (χ1v) is 9.22. The summed E-state index contributed by atoms with van der Waals surface area (Å²) >= 11 is 1.34. The molecule has 0 aliphatic heterocycles.